The molecular formula is C31H34F3N5O4. The molecule has 1 aromatic heterocycles. The summed E-state index contributed by atoms with van der Waals surface area (Å²) in [7, 11) is 6.31. The van der Waals surface area contributed by atoms with Gasteiger partial charge in [-0.15, -0.1) is 0 Å². The lowest BCUT2D eigenvalue weighted by atomic mass is 10.00. The number of nitrogens with one attached hydrogen (secondary N) is 1. The summed E-state index contributed by atoms with van der Waals surface area (Å²) in [6.45, 7) is 2.90. The predicted octanol–water partition coefficient (Wildman–Crippen LogP) is 5.16. The second kappa shape index (κ2) is 14.5. The van der Waals surface area contributed by atoms with Crippen molar-refractivity contribution in [3.63, 3.8) is 0 Å². The van der Waals surface area contributed by atoms with E-state index in [-0.39, 0.29) is 5.88 Å². The number of hydrogen-bond acceptors (Lipinski definition) is 6. The topological polar surface area (TPSA) is 135 Å². The number of hydrogen-bond donors (Lipinski definition) is 4. The Hall–Kier alpha value is -4.68. The van der Waals surface area contributed by atoms with Gasteiger partial charge in [0.1, 0.15) is 0 Å². The maximum Gasteiger partial charge on any atom is 0.490 e. The van der Waals surface area contributed by atoms with Crippen LogP contribution in [0.1, 0.15) is 33.5 Å². The standard InChI is InChI=1S/C29H33N5O2.C2HF3O2/c1-33(2)15-8-16-34(3)19-20-9-7-12-23(17-20)31-27(21-10-5-4-6-11-21)26-24-14-13-22(28(30)35)18-25(24)32-29(26)36;3-2(4,5)1(6)7/h4-7,9-14,17-18,32,36H,8,15-16,19H2,1-3H3,(H2,30,35);(H,6,7). The summed E-state index contributed by atoms with van der Waals surface area (Å²) in [6, 6.07) is 23.1. The number of H-pyrrole nitrogens is 1. The third-order valence-electron chi connectivity index (χ3n) is 6.34. The molecule has 5 N–H and O–H groups in total. The molecule has 0 spiro atoms. The number of nitrogens with zero attached hydrogens (tertiary/aromatic N) is 3. The van der Waals surface area contributed by atoms with Crippen molar-refractivity contribution in [2.45, 2.75) is 19.1 Å². The third-order valence-corrected chi connectivity index (χ3v) is 6.34. The molecule has 0 saturated carbocycles. The van der Waals surface area contributed by atoms with Gasteiger partial charge in [-0.3, -0.25) is 4.79 Å². The van der Waals surface area contributed by atoms with Gasteiger partial charge in [0, 0.05) is 28.6 Å². The van der Waals surface area contributed by atoms with Crippen molar-refractivity contribution in [1.82, 2.24) is 14.8 Å². The Balaban J connectivity index is 0.000000646. The fourth-order valence-electron chi connectivity index (χ4n) is 4.34. The number of aliphatic imine (C=N–C) groups is 1. The Morgan fingerprint density at radius 3 is 2.21 bits per heavy atom. The zero-order valence-corrected chi connectivity index (χ0v) is 24.0. The molecule has 4 rings (SSSR count). The van der Waals surface area contributed by atoms with E-state index in [4.69, 9.17) is 20.6 Å². The highest BCUT2D eigenvalue weighted by atomic mass is 19.4. The number of alkyl halides is 3. The molecule has 0 atom stereocenters. The summed E-state index contributed by atoms with van der Waals surface area (Å²) in [4.78, 5) is 33.0. The quantitative estimate of drug-likeness (QED) is 0.187. The molecule has 3 aromatic carbocycles. The van der Waals surface area contributed by atoms with E-state index in [0.717, 1.165) is 42.7 Å². The van der Waals surface area contributed by atoms with E-state index in [1.165, 1.54) is 5.56 Å². The first-order valence-corrected chi connectivity index (χ1v) is 13.3. The predicted molar refractivity (Wildman–Crippen MR) is 160 cm³/mol. The van der Waals surface area contributed by atoms with Crippen LogP contribution in [0.25, 0.3) is 10.9 Å². The average Bonchev–Trinajstić information content (AvgIpc) is 3.26. The van der Waals surface area contributed by atoms with Crippen LogP contribution in [-0.2, 0) is 11.3 Å². The van der Waals surface area contributed by atoms with Crippen molar-refractivity contribution in [3.8, 4) is 5.88 Å². The molecule has 0 fully saturated rings. The summed E-state index contributed by atoms with van der Waals surface area (Å²) in [6.07, 6.45) is -3.98. The number of carboxylic acid groups (broad SMARTS) is 1. The minimum atomic E-state index is -5.08. The molecule has 4 aromatic rings. The van der Waals surface area contributed by atoms with Gasteiger partial charge in [-0.05, 0) is 70.5 Å². The molecule has 1 amide bonds. The first kappa shape index (κ1) is 32.8. The molecule has 0 unspecified atom stereocenters. The van der Waals surface area contributed by atoms with E-state index >= 15 is 0 Å². The van der Waals surface area contributed by atoms with Crippen LogP contribution in [0.4, 0.5) is 18.9 Å². The second-order valence-corrected chi connectivity index (χ2v) is 10.2. The average molecular weight is 598 g/mol. The second-order valence-electron chi connectivity index (χ2n) is 10.2. The SMILES string of the molecule is CN(C)CCCN(C)Cc1cccc(N=C(c2ccccc2)c2c(O)[nH]c3cc(C(N)=O)ccc23)c1.O=C(O)C(F)(F)F. The van der Waals surface area contributed by atoms with Crippen molar-refractivity contribution in [2.24, 2.45) is 10.7 Å². The first-order chi connectivity index (χ1) is 20.3. The highest BCUT2D eigenvalue weighted by molar-refractivity contribution is 6.22. The van der Waals surface area contributed by atoms with Crippen LogP contribution < -0.4 is 5.73 Å². The molecule has 0 aliphatic carbocycles. The molecule has 0 aliphatic rings. The molecule has 9 nitrogen and oxygen atoms in total. The number of aromatic hydroxyl groups is 1. The monoisotopic (exact) mass is 597 g/mol. The Bertz CT molecular complexity index is 1580. The lowest BCUT2D eigenvalue weighted by molar-refractivity contribution is -0.192. The maximum atomic E-state index is 11.6. The number of primary amides is 1. The van der Waals surface area contributed by atoms with E-state index in [2.05, 4.69) is 48.1 Å². The fourth-order valence-corrected chi connectivity index (χ4v) is 4.34. The number of carboxylic acids is 1. The molecule has 0 radical (unpaired) electrons. The van der Waals surface area contributed by atoms with Crippen LogP contribution in [0.15, 0.2) is 77.8 Å². The van der Waals surface area contributed by atoms with Crippen molar-refractivity contribution in [1.29, 1.82) is 0 Å². The number of fused-ring (bicyclic) bond motifs is 1. The number of halogens is 3. The summed E-state index contributed by atoms with van der Waals surface area (Å²) >= 11 is 0. The highest BCUT2D eigenvalue weighted by Crippen LogP contribution is 2.32. The van der Waals surface area contributed by atoms with Gasteiger partial charge in [-0.2, -0.15) is 13.2 Å². The molecule has 0 saturated heterocycles. The highest BCUT2D eigenvalue weighted by Gasteiger charge is 2.38. The number of carbonyl (C=O) groups excluding carboxylic acids is 1. The molecule has 43 heavy (non-hydrogen) atoms. The van der Waals surface area contributed by atoms with Gasteiger partial charge in [0.2, 0.25) is 5.91 Å². The Kier molecular flexibility index (Phi) is 11.1. The van der Waals surface area contributed by atoms with E-state index in [0.29, 0.717) is 22.4 Å². The van der Waals surface area contributed by atoms with Gasteiger partial charge >= 0.3 is 12.1 Å². The van der Waals surface area contributed by atoms with E-state index in [9.17, 15) is 23.1 Å². The number of aliphatic carboxylic acids is 1. The fraction of sp³-hybridized carbons (Fsp3) is 0.258. The first-order valence-electron chi connectivity index (χ1n) is 13.3. The van der Waals surface area contributed by atoms with Crippen molar-refractivity contribution < 1.29 is 33.0 Å². The Morgan fingerprint density at radius 1 is 0.930 bits per heavy atom. The zero-order chi connectivity index (χ0) is 31.7. The number of benzene rings is 3. The summed E-state index contributed by atoms with van der Waals surface area (Å²) < 4.78 is 31.7. The Morgan fingerprint density at radius 2 is 1.60 bits per heavy atom. The van der Waals surface area contributed by atoms with Crippen LogP contribution in [0.2, 0.25) is 0 Å². The van der Waals surface area contributed by atoms with Crippen molar-refractivity contribution >= 4 is 34.2 Å². The summed E-state index contributed by atoms with van der Waals surface area (Å²) in [5, 5.41) is 18.8. The number of nitrogens with two attached hydrogens (primary N) is 1. The molecule has 0 aliphatic heterocycles. The van der Waals surface area contributed by atoms with Crippen LogP contribution >= 0.6 is 0 Å². The van der Waals surface area contributed by atoms with Gasteiger partial charge in [0.15, 0.2) is 5.88 Å². The van der Waals surface area contributed by atoms with E-state index in [1.807, 2.05) is 42.5 Å². The van der Waals surface area contributed by atoms with Crippen molar-refractivity contribution in [3.05, 3.63) is 95.1 Å². The molecular weight excluding hydrogens is 563 g/mol. The van der Waals surface area contributed by atoms with Gasteiger partial charge in [0.25, 0.3) is 0 Å². The number of amides is 1. The van der Waals surface area contributed by atoms with Gasteiger partial charge in [-0.1, -0.05) is 48.5 Å². The smallest absolute Gasteiger partial charge is 0.490 e. The van der Waals surface area contributed by atoms with E-state index < -0.39 is 18.1 Å². The lowest BCUT2D eigenvalue weighted by Gasteiger charge is -2.18. The molecule has 12 heteroatoms. The third kappa shape index (κ3) is 9.42. The minimum Gasteiger partial charge on any atom is -0.494 e. The number of rotatable bonds is 10. The molecule has 0 bridgehead atoms. The number of carbonyl (C=O) groups is 2. The van der Waals surface area contributed by atoms with Crippen LogP contribution in [0.3, 0.4) is 0 Å². The maximum absolute atomic E-state index is 11.6. The summed E-state index contributed by atoms with van der Waals surface area (Å²) in [5.74, 6) is -3.29. The van der Waals surface area contributed by atoms with Gasteiger partial charge in [0.05, 0.1) is 17.0 Å². The van der Waals surface area contributed by atoms with Crippen LogP contribution in [0.5, 0.6) is 5.88 Å². The Labute approximate surface area is 247 Å². The van der Waals surface area contributed by atoms with Gasteiger partial charge in [-0.25, -0.2) is 9.79 Å². The molecule has 1 heterocycles. The van der Waals surface area contributed by atoms with E-state index in [1.54, 1.807) is 18.2 Å². The largest absolute Gasteiger partial charge is 0.494 e. The van der Waals surface area contributed by atoms with Crippen LogP contribution in [-0.4, -0.2) is 83.0 Å². The molecule has 228 valence electrons. The van der Waals surface area contributed by atoms with Gasteiger partial charge < -0.3 is 30.7 Å². The van der Waals surface area contributed by atoms with Crippen LogP contribution in [0, 0.1) is 0 Å². The summed E-state index contributed by atoms with van der Waals surface area (Å²) in [5.41, 5.74) is 10.5. The minimum absolute atomic E-state index is 0.00833. The van der Waals surface area contributed by atoms with Crippen molar-refractivity contribution in [2.75, 3.05) is 34.2 Å². The zero-order valence-electron chi connectivity index (χ0n) is 24.0. The number of aromatic amines is 1. The normalized spacial score (nSPS) is 12.0. The number of aromatic nitrogens is 1. The lowest BCUT2D eigenvalue weighted by Crippen LogP contribution is -2.23.